The van der Waals surface area contributed by atoms with Gasteiger partial charge in [-0.25, -0.2) is 4.79 Å². The van der Waals surface area contributed by atoms with Crippen molar-refractivity contribution in [1.82, 2.24) is 5.32 Å². The fraction of sp³-hybridized carbons (Fsp3) is 0.842. The van der Waals surface area contributed by atoms with Gasteiger partial charge in [0, 0.05) is 19.4 Å². The van der Waals surface area contributed by atoms with Crippen LogP contribution in [0.15, 0.2) is 0 Å². The van der Waals surface area contributed by atoms with Crippen LogP contribution in [0.3, 0.4) is 0 Å². The lowest BCUT2D eigenvalue weighted by atomic mass is 9.72. The zero-order chi connectivity index (χ0) is 19.0. The van der Waals surface area contributed by atoms with Gasteiger partial charge in [0.2, 0.25) is 0 Å². The van der Waals surface area contributed by atoms with E-state index in [1.165, 1.54) is 6.92 Å². The summed E-state index contributed by atoms with van der Waals surface area (Å²) in [5, 5.41) is 11.9. The minimum Gasteiger partial charge on any atom is -0.481 e. The van der Waals surface area contributed by atoms with Crippen molar-refractivity contribution in [2.45, 2.75) is 83.8 Å². The number of amides is 1. The van der Waals surface area contributed by atoms with E-state index in [-0.39, 0.29) is 18.9 Å². The molecule has 7 heteroatoms. The molecule has 0 aromatic carbocycles. The first-order valence-corrected chi connectivity index (χ1v) is 9.74. The standard InChI is InChI=1S/C19H31NO6/c1-14(21)25-17(15-8-4-2-5-9-15)26-18(24)20-13-19(12-16(22)23)10-6-3-7-11-19/h15,17H,2-13H2,1H3,(H,20,24)(H,22,23). The maximum atomic E-state index is 12.3. The normalized spacial score (nSPS) is 21.4. The lowest BCUT2D eigenvalue weighted by molar-refractivity contribution is -0.176. The van der Waals surface area contributed by atoms with Gasteiger partial charge in [-0.1, -0.05) is 38.5 Å². The predicted molar refractivity (Wildman–Crippen MR) is 94.4 cm³/mol. The van der Waals surface area contributed by atoms with Crippen molar-refractivity contribution in [1.29, 1.82) is 0 Å². The summed E-state index contributed by atoms with van der Waals surface area (Å²) in [6, 6.07) is 0. The molecule has 1 unspecified atom stereocenters. The second-order valence-corrected chi connectivity index (χ2v) is 7.77. The number of alkyl carbamates (subject to hydrolysis) is 1. The van der Waals surface area contributed by atoms with Crippen LogP contribution in [0, 0.1) is 11.3 Å². The van der Waals surface area contributed by atoms with Gasteiger partial charge in [0.25, 0.3) is 6.29 Å². The van der Waals surface area contributed by atoms with Crippen LogP contribution in [0.1, 0.15) is 77.6 Å². The van der Waals surface area contributed by atoms with Crippen molar-refractivity contribution in [2.24, 2.45) is 11.3 Å². The number of nitrogens with one attached hydrogen (secondary N) is 1. The Morgan fingerprint density at radius 1 is 1.04 bits per heavy atom. The first kappa shape index (κ1) is 20.5. The second kappa shape index (κ2) is 9.78. The number of hydrogen-bond acceptors (Lipinski definition) is 5. The first-order chi connectivity index (χ1) is 12.4. The van der Waals surface area contributed by atoms with E-state index in [0.29, 0.717) is 0 Å². The molecule has 0 aliphatic heterocycles. The fourth-order valence-corrected chi connectivity index (χ4v) is 4.23. The van der Waals surface area contributed by atoms with E-state index >= 15 is 0 Å². The largest absolute Gasteiger partial charge is 0.481 e. The predicted octanol–water partition coefficient (Wildman–Crippen LogP) is 3.61. The van der Waals surface area contributed by atoms with Crippen LogP contribution in [0.4, 0.5) is 4.79 Å². The molecule has 7 nitrogen and oxygen atoms in total. The van der Waals surface area contributed by atoms with Gasteiger partial charge < -0.3 is 19.9 Å². The van der Waals surface area contributed by atoms with Gasteiger partial charge in [0.1, 0.15) is 0 Å². The van der Waals surface area contributed by atoms with Crippen LogP contribution in [-0.2, 0) is 19.1 Å². The molecule has 2 saturated carbocycles. The number of aliphatic carboxylic acids is 1. The molecule has 0 bridgehead atoms. The molecule has 0 heterocycles. The Kier molecular flexibility index (Phi) is 7.72. The highest BCUT2D eigenvalue weighted by Gasteiger charge is 2.36. The molecule has 0 aromatic heterocycles. The highest BCUT2D eigenvalue weighted by Crippen LogP contribution is 2.39. The molecule has 148 valence electrons. The minimum absolute atomic E-state index is 0.0288. The summed E-state index contributed by atoms with van der Waals surface area (Å²) in [6.45, 7) is 1.58. The number of carbonyl (C=O) groups excluding carboxylic acids is 2. The van der Waals surface area contributed by atoms with Crippen molar-refractivity contribution in [3.63, 3.8) is 0 Å². The van der Waals surface area contributed by atoms with Gasteiger partial charge in [0.15, 0.2) is 0 Å². The number of esters is 1. The molecule has 2 rings (SSSR count). The van der Waals surface area contributed by atoms with Crippen LogP contribution in [-0.4, -0.2) is 36.0 Å². The SMILES string of the molecule is CC(=O)OC(OC(=O)NCC1(CC(=O)O)CCCCC1)C1CCCCC1. The molecule has 1 atom stereocenters. The number of rotatable bonds is 7. The smallest absolute Gasteiger partial charge is 0.410 e. The molecule has 0 radical (unpaired) electrons. The zero-order valence-electron chi connectivity index (χ0n) is 15.6. The van der Waals surface area contributed by atoms with Gasteiger partial charge in [-0.05, 0) is 31.1 Å². The molecular weight excluding hydrogens is 338 g/mol. The minimum atomic E-state index is -0.866. The Bertz CT molecular complexity index is 494. The van der Waals surface area contributed by atoms with Crippen molar-refractivity contribution in [3.8, 4) is 0 Å². The maximum Gasteiger partial charge on any atom is 0.410 e. The average Bonchev–Trinajstić information content (AvgIpc) is 2.60. The van der Waals surface area contributed by atoms with Gasteiger partial charge in [0.05, 0.1) is 6.42 Å². The highest BCUT2D eigenvalue weighted by atomic mass is 16.7. The Morgan fingerprint density at radius 2 is 1.65 bits per heavy atom. The summed E-state index contributed by atoms with van der Waals surface area (Å²) in [5.41, 5.74) is -0.412. The first-order valence-electron chi connectivity index (χ1n) is 9.74. The lowest BCUT2D eigenvalue weighted by Gasteiger charge is -2.36. The number of ether oxygens (including phenoxy) is 2. The summed E-state index contributed by atoms with van der Waals surface area (Å²) < 4.78 is 10.6. The van der Waals surface area contributed by atoms with E-state index in [1.54, 1.807) is 0 Å². The average molecular weight is 369 g/mol. The molecular formula is C19H31NO6. The van der Waals surface area contributed by atoms with E-state index in [4.69, 9.17) is 9.47 Å². The summed E-state index contributed by atoms with van der Waals surface area (Å²) >= 11 is 0. The molecule has 2 aliphatic rings. The molecule has 2 fully saturated rings. The summed E-state index contributed by atoms with van der Waals surface area (Å²) in [5.74, 6) is -1.29. The van der Waals surface area contributed by atoms with Crippen LogP contribution >= 0.6 is 0 Å². The van der Waals surface area contributed by atoms with E-state index < -0.39 is 29.7 Å². The maximum absolute atomic E-state index is 12.3. The van der Waals surface area contributed by atoms with E-state index in [2.05, 4.69) is 5.32 Å². The molecule has 1 amide bonds. The van der Waals surface area contributed by atoms with Crippen LogP contribution < -0.4 is 5.32 Å². The third kappa shape index (κ3) is 6.50. The van der Waals surface area contributed by atoms with Crippen molar-refractivity contribution in [3.05, 3.63) is 0 Å². The van der Waals surface area contributed by atoms with Gasteiger partial charge in [-0.2, -0.15) is 0 Å². The molecule has 2 N–H and O–H groups in total. The molecule has 26 heavy (non-hydrogen) atoms. The molecule has 2 aliphatic carbocycles. The Morgan fingerprint density at radius 3 is 2.23 bits per heavy atom. The van der Waals surface area contributed by atoms with Crippen LogP contribution in [0.2, 0.25) is 0 Å². The lowest BCUT2D eigenvalue weighted by Crippen LogP contribution is -2.43. The van der Waals surface area contributed by atoms with Crippen molar-refractivity contribution < 1.29 is 29.0 Å². The monoisotopic (exact) mass is 369 g/mol. The van der Waals surface area contributed by atoms with Gasteiger partial charge >= 0.3 is 18.0 Å². The number of carboxylic acids is 1. The Balaban J connectivity index is 1.90. The Labute approximate surface area is 154 Å². The summed E-state index contributed by atoms with van der Waals surface area (Å²) in [4.78, 5) is 34.9. The topological polar surface area (TPSA) is 102 Å². The van der Waals surface area contributed by atoms with Gasteiger partial charge in [-0.15, -0.1) is 0 Å². The fourth-order valence-electron chi connectivity index (χ4n) is 4.23. The molecule has 0 aromatic rings. The quantitative estimate of drug-likeness (QED) is 0.525. The van der Waals surface area contributed by atoms with E-state index in [1.807, 2.05) is 0 Å². The van der Waals surface area contributed by atoms with Gasteiger partial charge in [-0.3, -0.25) is 9.59 Å². The number of hydrogen-bond donors (Lipinski definition) is 2. The third-order valence-corrected chi connectivity index (χ3v) is 5.59. The summed E-state index contributed by atoms with van der Waals surface area (Å²) in [6.07, 6.45) is 8.12. The second-order valence-electron chi connectivity index (χ2n) is 7.77. The Hall–Kier alpha value is -1.79. The van der Waals surface area contributed by atoms with Crippen molar-refractivity contribution in [2.75, 3.05) is 6.54 Å². The third-order valence-electron chi connectivity index (χ3n) is 5.59. The molecule has 0 saturated heterocycles. The van der Waals surface area contributed by atoms with Crippen molar-refractivity contribution >= 4 is 18.0 Å². The number of carboxylic acid groups (broad SMARTS) is 1. The number of carbonyl (C=O) groups is 3. The highest BCUT2D eigenvalue weighted by molar-refractivity contribution is 5.70. The van der Waals surface area contributed by atoms with Crippen LogP contribution in [0.5, 0.6) is 0 Å². The van der Waals surface area contributed by atoms with Crippen LogP contribution in [0.25, 0.3) is 0 Å². The zero-order valence-corrected chi connectivity index (χ0v) is 15.6. The van der Waals surface area contributed by atoms with E-state index in [9.17, 15) is 19.5 Å². The molecule has 0 spiro atoms. The van der Waals surface area contributed by atoms with E-state index in [0.717, 1.165) is 64.2 Å². The summed E-state index contributed by atoms with van der Waals surface area (Å²) in [7, 11) is 0.